The first-order valence-electron chi connectivity index (χ1n) is 8.75. The third kappa shape index (κ3) is 3.40. The Labute approximate surface area is 165 Å². The lowest BCUT2D eigenvalue weighted by Gasteiger charge is -2.26. The number of benzene rings is 1. The Morgan fingerprint density at radius 2 is 2.04 bits per heavy atom. The smallest absolute Gasteiger partial charge is 0.295 e. The second-order valence-electron chi connectivity index (χ2n) is 6.61. The first-order chi connectivity index (χ1) is 13.1. The summed E-state index contributed by atoms with van der Waals surface area (Å²) in [5, 5.41) is 13.3. The molecule has 5 nitrogen and oxygen atoms in total. The van der Waals surface area contributed by atoms with E-state index >= 15 is 0 Å². The summed E-state index contributed by atoms with van der Waals surface area (Å²) < 4.78 is 5.66. The molecule has 0 unspecified atom stereocenters. The molecule has 7 heteroatoms. The number of aliphatic hydroxyl groups is 1. The number of likely N-dealkylation sites (tertiary alicyclic amines) is 1. The number of halogens is 1. The summed E-state index contributed by atoms with van der Waals surface area (Å²) in [5.41, 5.74) is 0.568. The second-order valence-corrected chi connectivity index (χ2v) is 8.02. The van der Waals surface area contributed by atoms with Crippen molar-refractivity contribution in [3.8, 4) is 0 Å². The Morgan fingerprint density at radius 3 is 2.67 bits per heavy atom. The van der Waals surface area contributed by atoms with Crippen LogP contribution in [0.25, 0.3) is 5.76 Å². The van der Waals surface area contributed by atoms with Gasteiger partial charge in [0.2, 0.25) is 0 Å². The van der Waals surface area contributed by atoms with Crippen LogP contribution in [0.2, 0.25) is 5.02 Å². The maximum absolute atomic E-state index is 12.8. The molecule has 0 bridgehead atoms. The zero-order valence-electron chi connectivity index (χ0n) is 14.4. The molecule has 2 saturated heterocycles. The summed E-state index contributed by atoms with van der Waals surface area (Å²) in [5.74, 6) is -1.45. The minimum atomic E-state index is -0.668. The molecule has 1 aromatic heterocycles. The fourth-order valence-electron chi connectivity index (χ4n) is 3.58. The Bertz CT molecular complexity index is 885. The number of rotatable bonds is 4. The van der Waals surface area contributed by atoms with Gasteiger partial charge < -0.3 is 14.7 Å². The van der Waals surface area contributed by atoms with Crippen molar-refractivity contribution in [2.75, 3.05) is 13.2 Å². The highest BCUT2D eigenvalue weighted by molar-refractivity contribution is 7.10. The lowest BCUT2D eigenvalue weighted by atomic mass is 10.00. The van der Waals surface area contributed by atoms with Crippen molar-refractivity contribution in [1.29, 1.82) is 0 Å². The number of hydrogen-bond donors (Lipinski definition) is 1. The molecule has 4 rings (SSSR count). The van der Waals surface area contributed by atoms with Gasteiger partial charge in [0.25, 0.3) is 11.7 Å². The number of ether oxygens (including phenoxy) is 1. The molecule has 2 fully saturated rings. The van der Waals surface area contributed by atoms with Gasteiger partial charge in [-0.3, -0.25) is 9.59 Å². The van der Waals surface area contributed by atoms with Gasteiger partial charge in [-0.05, 0) is 48.6 Å². The Balaban J connectivity index is 1.78. The molecule has 2 aliphatic rings. The summed E-state index contributed by atoms with van der Waals surface area (Å²) in [6.45, 7) is 1.01. The number of nitrogens with zero attached hydrogens (tertiary/aromatic N) is 1. The van der Waals surface area contributed by atoms with E-state index in [1.165, 1.54) is 16.2 Å². The van der Waals surface area contributed by atoms with Crippen molar-refractivity contribution < 1.29 is 19.4 Å². The van der Waals surface area contributed by atoms with Crippen molar-refractivity contribution in [2.24, 2.45) is 0 Å². The number of hydrogen-bond acceptors (Lipinski definition) is 5. The van der Waals surface area contributed by atoms with Crippen molar-refractivity contribution in [1.82, 2.24) is 4.90 Å². The highest BCUT2D eigenvalue weighted by Gasteiger charge is 2.47. The van der Waals surface area contributed by atoms with Gasteiger partial charge in [0.15, 0.2) is 0 Å². The fourth-order valence-corrected chi connectivity index (χ4v) is 4.55. The van der Waals surface area contributed by atoms with Crippen LogP contribution in [0.5, 0.6) is 0 Å². The van der Waals surface area contributed by atoms with Crippen LogP contribution in [0.3, 0.4) is 0 Å². The molecule has 0 spiro atoms. The molecule has 0 radical (unpaired) electrons. The van der Waals surface area contributed by atoms with Crippen molar-refractivity contribution >= 4 is 40.4 Å². The molecule has 140 valence electrons. The van der Waals surface area contributed by atoms with Crippen LogP contribution >= 0.6 is 22.9 Å². The minimum Gasteiger partial charge on any atom is -0.507 e. The van der Waals surface area contributed by atoms with Gasteiger partial charge in [0.05, 0.1) is 17.7 Å². The molecule has 0 saturated carbocycles. The standard InChI is InChI=1S/C20H18ClNO4S/c21-13-7-5-12(6-8-13)18(23)16-17(15-4-2-10-27-15)22(20(25)19(16)24)11-14-3-1-9-26-14/h2,4-8,10,14,17,23H,1,3,9,11H2/t14-,17+/m0/s1. The molecule has 1 amide bonds. The molecule has 3 heterocycles. The van der Waals surface area contributed by atoms with E-state index < -0.39 is 17.7 Å². The van der Waals surface area contributed by atoms with E-state index in [4.69, 9.17) is 16.3 Å². The molecule has 1 aromatic carbocycles. The maximum Gasteiger partial charge on any atom is 0.295 e. The molecular weight excluding hydrogens is 386 g/mol. The first kappa shape index (κ1) is 18.2. The second kappa shape index (κ2) is 7.46. The number of Topliss-reactive ketones (excluding diaryl/α,β-unsaturated/α-hetero) is 1. The van der Waals surface area contributed by atoms with Crippen molar-refractivity contribution in [3.63, 3.8) is 0 Å². The van der Waals surface area contributed by atoms with E-state index in [0.29, 0.717) is 23.7 Å². The Hall–Kier alpha value is -2.15. The highest BCUT2D eigenvalue weighted by atomic mass is 35.5. The maximum atomic E-state index is 12.8. The molecule has 2 aromatic rings. The third-order valence-corrected chi connectivity index (χ3v) is 6.07. The number of carbonyl (C=O) groups is 2. The van der Waals surface area contributed by atoms with Crippen LogP contribution in [-0.4, -0.2) is 41.0 Å². The predicted octanol–water partition coefficient (Wildman–Crippen LogP) is 4.00. The molecule has 0 aliphatic carbocycles. The van der Waals surface area contributed by atoms with Crippen LogP contribution in [0, 0.1) is 0 Å². The topological polar surface area (TPSA) is 66.8 Å². The molecule has 2 atom stereocenters. The summed E-state index contributed by atoms with van der Waals surface area (Å²) >= 11 is 7.37. The Kier molecular flexibility index (Phi) is 5.04. The predicted molar refractivity (Wildman–Crippen MR) is 104 cm³/mol. The van der Waals surface area contributed by atoms with E-state index in [0.717, 1.165) is 17.7 Å². The van der Waals surface area contributed by atoms with E-state index in [2.05, 4.69) is 0 Å². The minimum absolute atomic E-state index is 0.0822. The van der Waals surface area contributed by atoms with Crippen LogP contribution in [0.4, 0.5) is 0 Å². The number of ketones is 1. The van der Waals surface area contributed by atoms with E-state index in [1.54, 1.807) is 24.3 Å². The van der Waals surface area contributed by atoms with Crippen molar-refractivity contribution in [3.05, 3.63) is 62.8 Å². The first-order valence-corrected chi connectivity index (χ1v) is 10.0. The third-order valence-electron chi connectivity index (χ3n) is 4.89. The highest BCUT2D eigenvalue weighted by Crippen LogP contribution is 2.41. The normalized spacial score (nSPS) is 24.7. The summed E-state index contributed by atoms with van der Waals surface area (Å²) in [4.78, 5) is 27.9. The lowest BCUT2D eigenvalue weighted by Crippen LogP contribution is -2.36. The zero-order chi connectivity index (χ0) is 19.0. The largest absolute Gasteiger partial charge is 0.507 e. The molecule has 2 aliphatic heterocycles. The fraction of sp³-hybridized carbons (Fsp3) is 0.300. The molecule has 1 N–H and O–H groups in total. The number of aliphatic hydroxyl groups excluding tert-OH is 1. The van der Waals surface area contributed by atoms with Crippen molar-refractivity contribution in [2.45, 2.75) is 25.0 Å². The SMILES string of the molecule is O=C1C(=O)N(C[C@@H]2CCCO2)[C@H](c2cccs2)C1=C(O)c1ccc(Cl)cc1. The summed E-state index contributed by atoms with van der Waals surface area (Å²) in [6, 6.07) is 9.68. The van der Waals surface area contributed by atoms with Crippen LogP contribution in [-0.2, 0) is 14.3 Å². The molecular formula is C20H18ClNO4S. The monoisotopic (exact) mass is 403 g/mol. The number of amides is 1. The summed E-state index contributed by atoms with van der Waals surface area (Å²) in [7, 11) is 0. The van der Waals surface area contributed by atoms with Gasteiger partial charge in [-0.2, -0.15) is 0 Å². The average Bonchev–Trinajstić information content (AvgIpc) is 3.40. The zero-order valence-corrected chi connectivity index (χ0v) is 16.0. The van der Waals surface area contributed by atoms with Crippen LogP contribution in [0.15, 0.2) is 47.4 Å². The number of thiophene rings is 1. The van der Waals surface area contributed by atoms with Gasteiger partial charge in [-0.15, -0.1) is 11.3 Å². The van der Waals surface area contributed by atoms with Gasteiger partial charge >= 0.3 is 0 Å². The van der Waals surface area contributed by atoms with E-state index in [-0.39, 0.29) is 17.4 Å². The van der Waals surface area contributed by atoms with Gasteiger partial charge in [0, 0.05) is 28.6 Å². The summed E-state index contributed by atoms with van der Waals surface area (Å²) in [6.07, 6.45) is 1.72. The van der Waals surface area contributed by atoms with E-state index in [9.17, 15) is 14.7 Å². The quantitative estimate of drug-likeness (QED) is 0.476. The molecule has 27 heavy (non-hydrogen) atoms. The average molecular weight is 404 g/mol. The van der Waals surface area contributed by atoms with Gasteiger partial charge in [0.1, 0.15) is 5.76 Å². The number of carbonyl (C=O) groups excluding carboxylic acids is 2. The van der Waals surface area contributed by atoms with E-state index in [1.807, 2.05) is 17.5 Å². The van der Waals surface area contributed by atoms with Gasteiger partial charge in [-0.1, -0.05) is 17.7 Å². The van der Waals surface area contributed by atoms with Crippen LogP contribution < -0.4 is 0 Å². The van der Waals surface area contributed by atoms with Gasteiger partial charge in [-0.25, -0.2) is 0 Å². The lowest BCUT2D eigenvalue weighted by molar-refractivity contribution is -0.140. The van der Waals surface area contributed by atoms with Crippen LogP contribution in [0.1, 0.15) is 29.3 Å². The Morgan fingerprint density at radius 1 is 1.26 bits per heavy atom.